The molecule has 2 heterocycles. The summed E-state index contributed by atoms with van der Waals surface area (Å²) in [6, 6.07) is -0.884. The van der Waals surface area contributed by atoms with Crippen LogP contribution in [0.25, 0.3) is 0 Å². The van der Waals surface area contributed by atoms with Crippen LogP contribution in [-0.2, 0) is 19.1 Å². The van der Waals surface area contributed by atoms with Crippen LogP contribution in [0.2, 0.25) is 0 Å². The lowest BCUT2D eigenvalue weighted by Crippen LogP contribution is -2.52. The van der Waals surface area contributed by atoms with Gasteiger partial charge in [-0.2, -0.15) is 0 Å². The number of hydrogen-bond donors (Lipinski definition) is 2. The van der Waals surface area contributed by atoms with Gasteiger partial charge in [-0.3, -0.25) is 19.7 Å². The van der Waals surface area contributed by atoms with E-state index >= 15 is 0 Å². The number of esters is 1. The summed E-state index contributed by atoms with van der Waals surface area (Å²) in [5, 5.41) is 6.08. The molecule has 5 atom stereocenters. The van der Waals surface area contributed by atoms with Crippen molar-refractivity contribution in [3.63, 3.8) is 0 Å². The van der Waals surface area contributed by atoms with Crippen LogP contribution >= 0.6 is 0 Å². The molecule has 7 nitrogen and oxygen atoms in total. The highest BCUT2D eigenvalue weighted by atomic mass is 16.6. The minimum Gasteiger partial charge on any atom is -0.459 e. The number of hydrogen-bond acceptors (Lipinski definition) is 5. The molecule has 0 bridgehead atoms. The lowest BCUT2D eigenvalue weighted by molar-refractivity contribution is -0.157. The molecule has 2 amide bonds. The Kier molecular flexibility index (Phi) is 5.22. The number of carbonyl (C=O) groups is 3. The Morgan fingerprint density at radius 1 is 1.29 bits per heavy atom. The first-order chi connectivity index (χ1) is 11.0. The van der Waals surface area contributed by atoms with Crippen molar-refractivity contribution in [1.82, 2.24) is 15.5 Å². The van der Waals surface area contributed by atoms with Crippen molar-refractivity contribution >= 4 is 17.8 Å². The molecule has 7 heteroatoms. The Bertz CT molecular complexity index is 528. The van der Waals surface area contributed by atoms with E-state index in [1.807, 2.05) is 34.6 Å². The van der Waals surface area contributed by atoms with Gasteiger partial charge in [-0.1, -0.05) is 0 Å². The van der Waals surface area contributed by atoms with Crippen LogP contribution in [0.3, 0.4) is 0 Å². The zero-order valence-corrected chi connectivity index (χ0v) is 15.4. The number of rotatable bonds is 4. The standard InChI is InChI=1S/C17H29N3O4/c1-9-13(8-14(21)19-9)20-11(3)12(7-15(20)22)18-10(2)16(23)24-17(4,5)6/h9-13,18H,7-8H2,1-6H3,(H,19,21)/t9-,10-,11-,12-,13-/m0/s1. The van der Waals surface area contributed by atoms with Crippen molar-refractivity contribution in [2.45, 2.75) is 90.2 Å². The second-order valence-electron chi connectivity index (χ2n) is 7.90. The molecular formula is C17H29N3O4. The number of likely N-dealkylation sites (tertiary alicyclic amines) is 1. The zero-order valence-electron chi connectivity index (χ0n) is 15.4. The molecule has 2 rings (SSSR count). The Hall–Kier alpha value is -1.63. The minimum absolute atomic E-state index is 0.0183. The molecule has 24 heavy (non-hydrogen) atoms. The Morgan fingerprint density at radius 2 is 1.92 bits per heavy atom. The van der Waals surface area contributed by atoms with Crippen molar-refractivity contribution in [3.05, 3.63) is 0 Å². The van der Waals surface area contributed by atoms with E-state index < -0.39 is 11.6 Å². The maximum atomic E-state index is 12.4. The van der Waals surface area contributed by atoms with Crippen molar-refractivity contribution < 1.29 is 19.1 Å². The highest BCUT2D eigenvalue weighted by Crippen LogP contribution is 2.27. The second kappa shape index (κ2) is 6.70. The average molecular weight is 339 g/mol. The lowest BCUT2D eigenvalue weighted by atomic mass is 10.1. The third-order valence-corrected chi connectivity index (χ3v) is 4.65. The monoisotopic (exact) mass is 339 g/mol. The van der Waals surface area contributed by atoms with Gasteiger partial charge in [-0.15, -0.1) is 0 Å². The summed E-state index contributed by atoms with van der Waals surface area (Å²) in [6.45, 7) is 11.1. The molecule has 2 N–H and O–H groups in total. The van der Waals surface area contributed by atoms with Crippen LogP contribution in [0.1, 0.15) is 54.4 Å². The van der Waals surface area contributed by atoms with E-state index in [1.54, 1.807) is 11.8 Å². The molecule has 0 saturated carbocycles. The Morgan fingerprint density at radius 3 is 2.42 bits per heavy atom. The summed E-state index contributed by atoms with van der Waals surface area (Å²) in [7, 11) is 0. The summed E-state index contributed by atoms with van der Waals surface area (Å²) >= 11 is 0. The Labute approximate surface area is 143 Å². The van der Waals surface area contributed by atoms with E-state index in [-0.39, 0.29) is 42.0 Å². The van der Waals surface area contributed by atoms with Crippen LogP contribution in [0.5, 0.6) is 0 Å². The van der Waals surface area contributed by atoms with E-state index in [0.717, 1.165) is 0 Å². The van der Waals surface area contributed by atoms with Crippen molar-refractivity contribution in [1.29, 1.82) is 0 Å². The summed E-state index contributed by atoms with van der Waals surface area (Å²) in [6.07, 6.45) is 0.664. The molecule has 0 aromatic heterocycles. The predicted octanol–water partition coefficient (Wildman–Crippen LogP) is 0.573. The molecule has 0 unspecified atom stereocenters. The molecule has 2 aliphatic heterocycles. The molecule has 2 fully saturated rings. The first-order valence-corrected chi connectivity index (χ1v) is 8.59. The molecule has 0 radical (unpaired) electrons. The smallest absolute Gasteiger partial charge is 0.323 e. The van der Waals surface area contributed by atoms with Gasteiger partial charge in [0.15, 0.2) is 0 Å². The normalized spacial score (nSPS) is 32.0. The maximum Gasteiger partial charge on any atom is 0.323 e. The number of ether oxygens (including phenoxy) is 1. The highest BCUT2D eigenvalue weighted by Gasteiger charge is 2.45. The fourth-order valence-electron chi connectivity index (χ4n) is 3.46. The van der Waals surface area contributed by atoms with Crippen LogP contribution in [0, 0.1) is 0 Å². The van der Waals surface area contributed by atoms with E-state index in [4.69, 9.17) is 4.74 Å². The van der Waals surface area contributed by atoms with Crippen LogP contribution in [-0.4, -0.2) is 58.5 Å². The largest absolute Gasteiger partial charge is 0.459 e. The number of nitrogens with zero attached hydrogens (tertiary/aromatic N) is 1. The second-order valence-corrected chi connectivity index (χ2v) is 7.90. The number of amides is 2. The van der Waals surface area contributed by atoms with Crippen molar-refractivity contribution in [2.75, 3.05) is 0 Å². The number of carbonyl (C=O) groups excluding carboxylic acids is 3. The van der Waals surface area contributed by atoms with Gasteiger partial charge in [0.25, 0.3) is 0 Å². The maximum absolute atomic E-state index is 12.4. The first-order valence-electron chi connectivity index (χ1n) is 8.59. The minimum atomic E-state index is -0.540. The quantitative estimate of drug-likeness (QED) is 0.731. The van der Waals surface area contributed by atoms with Gasteiger partial charge < -0.3 is 15.0 Å². The summed E-state index contributed by atoms with van der Waals surface area (Å²) < 4.78 is 5.37. The van der Waals surface area contributed by atoms with E-state index in [0.29, 0.717) is 12.8 Å². The van der Waals surface area contributed by atoms with Crippen LogP contribution < -0.4 is 10.6 Å². The van der Waals surface area contributed by atoms with Gasteiger partial charge in [0.2, 0.25) is 11.8 Å². The van der Waals surface area contributed by atoms with Gasteiger partial charge in [0, 0.05) is 31.0 Å². The van der Waals surface area contributed by atoms with Gasteiger partial charge in [0.05, 0.1) is 6.04 Å². The molecule has 0 aromatic carbocycles. The fraction of sp³-hybridized carbons (Fsp3) is 0.824. The van der Waals surface area contributed by atoms with Crippen LogP contribution in [0.4, 0.5) is 0 Å². The SMILES string of the molecule is C[C@H](N[C@H]1CC(=O)N([C@H]2CC(=O)N[C@H]2C)[C@H]1C)C(=O)OC(C)(C)C. The lowest BCUT2D eigenvalue weighted by Gasteiger charge is -2.33. The molecular weight excluding hydrogens is 310 g/mol. The fourth-order valence-corrected chi connectivity index (χ4v) is 3.46. The third kappa shape index (κ3) is 4.06. The van der Waals surface area contributed by atoms with Crippen LogP contribution in [0.15, 0.2) is 0 Å². The molecule has 136 valence electrons. The van der Waals surface area contributed by atoms with Crippen molar-refractivity contribution in [2.24, 2.45) is 0 Å². The Balaban J connectivity index is 1.99. The third-order valence-electron chi connectivity index (χ3n) is 4.65. The molecule has 0 aromatic rings. The van der Waals surface area contributed by atoms with Crippen molar-refractivity contribution in [3.8, 4) is 0 Å². The summed E-state index contributed by atoms with van der Waals surface area (Å²) in [5.41, 5.74) is -0.540. The average Bonchev–Trinajstić information content (AvgIpc) is 2.87. The predicted molar refractivity (Wildman–Crippen MR) is 89.2 cm³/mol. The summed E-state index contributed by atoms with van der Waals surface area (Å²) in [4.78, 5) is 38.0. The van der Waals surface area contributed by atoms with Gasteiger partial charge >= 0.3 is 5.97 Å². The first kappa shape index (κ1) is 18.7. The number of nitrogens with one attached hydrogen (secondary N) is 2. The van der Waals surface area contributed by atoms with Gasteiger partial charge in [-0.25, -0.2) is 0 Å². The zero-order chi connectivity index (χ0) is 18.2. The van der Waals surface area contributed by atoms with E-state index in [2.05, 4.69) is 10.6 Å². The molecule has 0 spiro atoms. The molecule has 2 saturated heterocycles. The molecule has 2 aliphatic rings. The van der Waals surface area contributed by atoms with Gasteiger partial charge in [-0.05, 0) is 41.5 Å². The molecule has 0 aliphatic carbocycles. The summed E-state index contributed by atoms with van der Waals surface area (Å²) in [5.74, 6) is -0.331. The topological polar surface area (TPSA) is 87.7 Å². The highest BCUT2D eigenvalue weighted by molar-refractivity contribution is 5.84. The van der Waals surface area contributed by atoms with E-state index in [1.165, 1.54) is 0 Å². The van der Waals surface area contributed by atoms with Gasteiger partial charge in [0.1, 0.15) is 11.6 Å². The van der Waals surface area contributed by atoms with E-state index in [9.17, 15) is 14.4 Å².